The molecule has 8 nitrogen and oxygen atoms in total. The number of alkyl halides is 6. The van der Waals surface area contributed by atoms with E-state index >= 15 is 0 Å². The lowest BCUT2D eigenvalue weighted by Crippen LogP contribution is -2.54. The van der Waals surface area contributed by atoms with Gasteiger partial charge in [-0.1, -0.05) is 24.3 Å². The molecule has 0 aromatic heterocycles. The molecule has 4 rings (SSSR count). The van der Waals surface area contributed by atoms with E-state index in [2.05, 4.69) is 0 Å². The summed E-state index contributed by atoms with van der Waals surface area (Å²) in [5.74, 6) is -1.13. The van der Waals surface area contributed by atoms with Gasteiger partial charge in [-0.25, -0.2) is 13.2 Å². The average molecular weight is 663 g/mol. The molecule has 2 saturated heterocycles. The molecule has 3 amide bonds. The lowest BCUT2D eigenvalue weighted by Gasteiger charge is -2.37. The molecule has 45 heavy (non-hydrogen) atoms. The molecule has 0 N–H and O–H groups in total. The third kappa shape index (κ3) is 7.24. The summed E-state index contributed by atoms with van der Waals surface area (Å²) in [5.41, 5.74) is -3.54. The first-order chi connectivity index (χ1) is 20.6. The molecule has 2 aliphatic heterocycles. The van der Waals surface area contributed by atoms with Crippen LogP contribution in [0.5, 0.6) is 0 Å². The summed E-state index contributed by atoms with van der Waals surface area (Å²) in [7, 11) is -1.98. The number of likely N-dealkylation sites (N-methyl/N-ethyl adjacent to an activating group) is 1. The van der Waals surface area contributed by atoms with E-state index in [0.29, 0.717) is 12.1 Å². The van der Waals surface area contributed by atoms with Crippen molar-refractivity contribution in [3.8, 4) is 0 Å². The Bertz CT molecular complexity index is 1520. The van der Waals surface area contributed by atoms with E-state index < -0.39 is 62.3 Å². The zero-order valence-corrected chi connectivity index (χ0v) is 26.4. The molecular formula is C30H36F6N4O4S. The largest absolute Gasteiger partial charge is 0.416 e. The number of carbonyl (C=O) groups excluding carboxylic acids is 2. The molecule has 0 spiro atoms. The molecule has 0 aliphatic carbocycles. The molecule has 0 unspecified atom stereocenters. The molecule has 2 aromatic rings. The van der Waals surface area contributed by atoms with Crippen LogP contribution < -0.4 is 0 Å². The van der Waals surface area contributed by atoms with Gasteiger partial charge < -0.3 is 14.7 Å². The van der Waals surface area contributed by atoms with Crippen LogP contribution in [0.25, 0.3) is 0 Å². The number of hydrogen-bond acceptors (Lipinski definition) is 4. The number of hydrogen-bond donors (Lipinski definition) is 0. The van der Waals surface area contributed by atoms with Crippen LogP contribution in [0.1, 0.15) is 47.6 Å². The van der Waals surface area contributed by atoms with Gasteiger partial charge in [-0.05, 0) is 55.7 Å². The first kappa shape index (κ1) is 34.5. The maximum atomic E-state index is 14.0. The fourth-order valence-corrected chi connectivity index (χ4v) is 6.91. The van der Waals surface area contributed by atoms with Gasteiger partial charge in [-0.2, -0.15) is 30.6 Å². The Morgan fingerprint density at radius 3 is 1.82 bits per heavy atom. The predicted octanol–water partition coefficient (Wildman–Crippen LogP) is 4.93. The van der Waals surface area contributed by atoms with Gasteiger partial charge in [0.25, 0.3) is 0 Å². The van der Waals surface area contributed by atoms with Gasteiger partial charge in [0.05, 0.1) is 28.8 Å². The second-order valence-corrected chi connectivity index (χ2v) is 14.2. The number of piperazine rings is 1. The van der Waals surface area contributed by atoms with Crippen molar-refractivity contribution in [2.24, 2.45) is 0 Å². The maximum Gasteiger partial charge on any atom is 0.416 e. The van der Waals surface area contributed by atoms with E-state index in [1.54, 1.807) is 11.0 Å². The molecule has 0 radical (unpaired) electrons. The molecule has 0 saturated carbocycles. The lowest BCUT2D eigenvalue weighted by atomic mass is 9.80. The molecular weight excluding hydrogens is 626 g/mol. The summed E-state index contributed by atoms with van der Waals surface area (Å²) >= 11 is 0. The molecule has 2 fully saturated rings. The second-order valence-electron chi connectivity index (χ2n) is 12.2. The Morgan fingerprint density at radius 2 is 1.33 bits per heavy atom. The summed E-state index contributed by atoms with van der Waals surface area (Å²) in [4.78, 5) is 32.0. The summed E-state index contributed by atoms with van der Waals surface area (Å²) in [6.07, 6.45) is -9.05. The number of benzene rings is 2. The van der Waals surface area contributed by atoms with Gasteiger partial charge in [-0.15, -0.1) is 0 Å². The van der Waals surface area contributed by atoms with E-state index in [0.717, 1.165) is 17.4 Å². The van der Waals surface area contributed by atoms with Crippen LogP contribution in [0.4, 0.5) is 31.1 Å². The smallest absolute Gasteiger partial charge is 0.340 e. The molecule has 0 bridgehead atoms. The van der Waals surface area contributed by atoms with E-state index in [1.807, 2.05) is 25.1 Å². The summed E-state index contributed by atoms with van der Waals surface area (Å²) in [6, 6.07) is 7.52. The summed E-state index contributed by atoms with van der Waals surface area (Å²) < 4.78 is 107. The number of halogens is 6. The van der Waals surface area contributed by atoms with Gasteiger partial charge in [0.1, 0.15) is 0 Å². The first-order valence-corrected chi connectivity index (χ1v) is 16.1. The third-order valence-electron chi connectivity index (χ3n) is 8.79. The number of likely N-dealkylation sites (tertiary alicyclic amines) is 1. The van der Waals surface area contributed by atoms with Crippen molar-refractivity contribution in [2.75, 3.05) is 52.6 Å². The molecule has 2 aliphatic rings. The van der Waals surface area contributed by atoms with Crippen LogP contribution in [0, 0.1) is 6.92 Å². The van der Waals surface area contributed by atoms with Crippen LogP contribution in [0.15, 0.2) is 42.5 Å². The predicted molar refractivity (Wildman–Crippen MR) is 155 cm³/mol. The normalized spacial score (nSPS) is 20.4. The number of nitrogens with zero attached hydrogens (tertiary/aromatic N) is 4. The Balaban J connectivity index is 1.66. The highest BCUT2D eigenvalue weighted by Crippen LogP contribution is 2.41. The quantitative estimate of drug-likeness (QED) is 0.426. The van der Waals surface area contributed by atoms with Gasteiger partial charge in [0.2, 0.25) is 15.9 Å². The van der Waals surface area contributed by atoms with Crippen molar-refractivity contribution in [3.05, 3.63) is 70.3 Å². The second kappa shape index (κ2) is 12.1. The third-order valence-corrected chi connectivity index (χ3v) is 10.1. The molecule has 2 atom stereocenters. The van der Waals surface area contributed by atoms with E-state index in [-0.39, 0.29) is 51.4 Å². The SMILES string of the molecule is Cc1ccccc1[C@@H]1CN(C(=O)N2CCN(S(C)(=O)=O)CC2)C[C@H]1N(C)C(=O)C(C)(C)c1cc(C(F)(F)F)cc(C(F)(F)F)c1. The minimum Gasteiger partial charge on any atom is -0.340 e. The zero-order chi connectivity index (χ0) is 33.7. The van der Waals surface area contributed by atoms with Crippen LogP contribution in [-0.4, -0.2) is 98.0 Å². The van der Waals surface area contributed by atoms with Crippen LogP contribution >= 0.6 is 0 Å². The number of sulfonamides is 1. The van der Waals surface area contributed by atoms with Gasteiger partial charge in [-0.3, -0.25) is 4.79 Å². The highest BCUT2D eigenvalue weighted by molar-refractivity contribution is 7.88. The van der Waals surface area contributed by atoms with Crippen molar-refractivity contribution in [1.82, 2.24) is 19.0 Å². The number of amides is 3. The Morgan fingerprint density at radius 1 is 0.822 bits per heavy atom. The number of urea groups is 1. The summed E-state index contributed by atoms with van der Waals surface area (Å²) in [5, 5.41) is 0. The molecule has 15 heteroatoms. The van der Waals surface area contributed by atoms with Crippen LogP contribution in [0.2, 0.25) is 0 Å². The molecule has 2 heterocycles. The van der Waals surface area contributed by atoms with E-state index in [1.165, 1.54) is 35.0 Å². The summed E-state index contributed by atoms with van der Waals surface area (Å²) in [6.45, 7) is 5.28. The molecule has 2 aromatic carbocycles. The maximum absolute atomic E-state index is 14.0. The minimum atomic E-state index is -5.07. The fraction of sp³-hybridized carbons (Fsp3) is 0.533. The minimum absolute atomic E-state index is 0.0260. The highest BCUT2D eigenvalue weighted by Gasteiger charge is 2.46. The standard InChI is InChI=1S/C30H36F6N4O4S/c1-19-8-6-7-9-23(19)24-17-39(27(42)38-10-12-40(13-11-38)45(5,43)44)18-25(24)37(4)26(41)28(2,3)20-14-21(29(31,32)33)16-22(15-20)30(34,35)36/h6-9,14-16,24-25H,10-13,17-18H2,1-5H3/t24-,25+/m0/s1. The molecule has 248 valence electrons. The average Bonchev–Trinajstić information content (AvgIpc) is 3.40. The van der Waals surface area contributed by atoms with Crippen LogP contribution in [0.3, 0.4) is 0 Å². The Hall–Kier alpha value is -3.33. The van der Waals surface area contributed by atoms with E-state index in [4.69, 9.17) is 0 Å². The monoisotopic (exact) mass is 662 g/mol. The number of carbonyl (C=O) groups is 2. The lowest BCUT2D eigenvalue weighted by molar-refractivity contribution is -0.144. The topological polar surface area (TPSA) is 81.2 Å². The van der Waals surface area contributed by atoms with Crippen molar-refractivity contribution in [3.63, 3.8) is 0 Å². The fourth-order valence-electron chi connectivity index (χ4n) is 6.09. The Kier molecular flexibility index (Phi) is 9.30. The number of aryl methyl sites for hydroxylation is 1. The Labute approximate surface area is 258 Å². The van der Waals surface area contributed by atoms with Gasteiger partial charge in [0.15, 0.2) is 0 Å². The van der Waals surface area contributed by atoms with Crippen molar-refractivity contribution in [1.29, 1.82) is 0 Å². The number of rotatable bonds is 5. The van der Waals surface area contributed by atoms with E-state index in [9.17, 15) is 44.3 Å². The zero-order valence-electron chi connectivity index (χ0n) is 25.5. The highest BCUT2D eigenvalue weighted by atomic mass is 32.2. The van der Waals surface area contributed by atoms with Crippen molar-refractivity contribution < 1.29 is 44.3 Å². The first-order valence-electron chi connectivity index (χ1n) is 14.2. The van der Waals surface area contributed by atoms with Crippen LogP contribution in [-0.2, 0) is 32.6 Å². The van der Waals surface area contributed by atoms with Gasteiger partial charge in [0, 0.05) is 52.2 Å². The van der Waals surface area contributed by atoms with Gasteiger partial charge >= 0.3 is 18.4 Å². The van der Waals surface area contributed by atoms with Crippen molar-refractivity contribution >= 4 is 22.0 Å². The van der Waals surface area contributed by atoms with Crippen molar-refractivity contribution in [2.45, 2.75) is 50.5 Å².